The Kier molecular flexibility index (Phi) is 5.15. The summed E-state index contributed by atoms with van der Waals surface area (Å²) in [7, 11) is 0. The third-order valence-electron chi connectivity index (χ3n) is 3.48. The smallest absolute Gasteiger partial charge is 0.369 e. The van der Waals surface area contributed by atoms with Crippen LogP contribution in [0, 0.1) is 6.92 Å². The molecule has 0 aliphatic carbocycles. The zero-order chi connectivity index (χ0) is 18.8. The molecule has 2 aromatic carbocycles. The summed E-state index contributed by atoms with van der Waals surface area (Å²) in [6, 6.07) is 9.49. The standard InChI is InChI=1S/C16H12F3N3O.C2H6/c1-9-5-6-13-12(7-9)14(23)22(15(20)21-13)11-4-2-3-10(8-11)16(17,18)19;1-2/h2-8H,1H3,(H2,20,21);1-2H3. The number of hydrogen-bond donors (Lipinski definition) is 1. The minimum Gasteiger partial charge on any atom is -0.369 e. The molecule has 3 rings (SSSR count). The summed E-state index contributed by atoms with van der Waals surface area (Å²) in [5, 5.41) is 0.302. The van der Waals surface area contributed by atoms with Crippen LogP contribution < -0.4 is 11.3 Å². The Morgan fingerprint density at radius 2 is 1.76 bits per heavy atom. The summed E-state index contributed by atoms with van der Waals surface area (Å²) in [5.41, 5.74) is 5.70. The number of nitrogens with zero attached hydrogens (tertiary/aromatic N) is 2. The van der Waals surface area contributed by atoms with Gasteiger partial charge in [0.1, 0.15) is 0 Å². The van der Waals surface area contributed by atoms with Crippen molar-refractivity contribution >= 4 is 16.9 Å². The number of fused-ring (bicyclic) bond motifs is 1. The number of alkyl halides is 3. The Balaban J connectivity index is 0.00000109. The van der Waals surface area contributed by atoms with E-state index in [1.165, 1.54) is 12.1 Å². The maximum absolute atomic E-state index is 12.9. The second-order valence-corrected chi connectivity index (χ2v) is 5.18. The molecule has 1 aromatic heterocycles. The first-order chi connectivity index (χ1) is 11.8. The Morgan fingerprint density at radius 3 is 2.40 bits per heavy atom. The molecule has 1 heterocycles. The summed E-state index contributed by atoms with van der Waals surface area (Å²) in [6.45, 7) is 5.81. The molecule has 2 N–H and O–H groups in total. The first kappa shape index (κ1) is 18.5. The number of anilines is 1. The minimum absolute atomic E-state index is 0.0261. The summed E-state index contributed by atoms with van der Waals surface area (Å²) >= 11 is 0. The summed E-state index contributed by atoms with van der Waals surface area (Å²) in [6.07, 6.45) is -4.50. The molecule has 7 heteroatoms. The number of halogens is 3. The topological polar surface area (TPSA) is 60.9 Å². The Bertz CT molecular complexity index is 962. The van der Waals surface area contributed by atoms with E-state index in [2.05, 4.69) is 4.98 Å². The predicted molar refractivity (Wildman–Crippen MR) is 92.8 cm³/mol. The Hall–Kier alpha value is -2.83. The molecule has 25 heavy (non-hydrogen) atoms. The highest BCUT2D eigenvalue weighted by molar-refractivity contribution is 5.79. The molecule has 0 amide bonds. The maximum Gasteiger partial charge on any atom is 0.416 e. The van der Waals surface area contributed by atoms with Crippen LogP contribution >= 0.6 is 0 Å². The van der Waals surface area contributed by atoms with Crippen molar-refractivity contribution in [3.8, 4) is 5.69 Å². The van der Waals surface area contributed by atoms with Gasteiger partial charge in [0.15, 0.2) is 0 Å². The lowest BCUT2D eigenvalue weighted by molar-refractivity contribution is -0.137. The molecule has 4 nitrogen and oxygen atoms in total. The second-order valence-electron chi connectivity index (χ2n) is 5.18. The van der Waals surface area contributed by atoms with Crippen LogP contribution in [0.4, 0.5) is 19.1 Å². The van der Waals surface area contributed by atoms with Crippen molar-refractivity contribution in [2.75, 3.05) is 5.73 Å². The van der Waals surface area contributed by atoms with Gasteiger partial charge in [-0.3, -0.25) is 4.79 Å². The monoisotopic (exact) mass is 349 g/mol. The van der Waals surface area contributed by atoms with Gasteiger partial charge in [-0.05, 0) is 37.3 Å². The van der Waals surface area contributed by atoms with Crippen LogP contribution in [0.5, 0.6) is 0 Å². The van der Waals surface area contributed by atoms with Crippen molar-refractivity contribution in [2.45, 2.75) is 26.9 Å². The first-order valence-corrected chi connectivity index (χ1v) is 7.74. The quantitative estimate of drug-likeness (QED) is 0.712. The van der Waals surface area contributed by atoms with Crippen LogP contribution in [0.15, 0.2) is 47.3 Å². The second kappa shape index (κ2) is 6.96. The SMILES string of the molecule is CC.Cc1ccc2nc(N)n(-c3cccc(C(F)(F)F)c3)c(=O)c2c1. The van der Waals surface area contributed by atoms with Crippen molar-refractivity contribution in [1.29, 1.82) is 0 Å². The number of benzene rings is 2. The number of aromatic nitrogens is 2. The molecule has 0 atom stereocenters. The fourth-order valence-corrected chi connectivity index (χ4v) is 2.39. The average molecular weight is 349 g/mol. The number of hydrogen-bond acceptors (Lipinski definition) is 3. The predicted octanol–water partition coefficient (Wildman–Crippen LogP) is 4.32. The van der Waals surface area contributed by atoms with E-state index in [-0.39, 0.29) is 11.6 Å². The van der Waals surface area contributed by atoms with E-state index >= 15 is 0 Å². The lowest BCUT2D eigenvalue weighted by Crippen LogP contribution is -2.23. The third-order valence-corrected chi connectivity index (χ3v) is 3.48. The highest BCUT2D eigenvalue weighted by Crippen LogP contribution is 2.30. The van der Waals surface area contributed by atoms with E-state index in [9.17, 15) is 18.0 Å². The molecule has 0 bridgehead atoms. The van der Waals surface area contributed by atoms with Gasteiger partial charge in [0, 0.05) is 0 Å². The van der Waals surface area contributed by atoms with Gasteiger partial charge in [-0.15, -0.1) is 0 Å². The molecular formula is C18H18F3N3O. The third kappa shape index (κ3) is 3.65. The molecule has 0 spiro atoms. The molecule has 0 saturated carbocycles. The number of nitrogen functional groups attached to an aromatic ring is 1. The van der Waals surface area contributed by atoms with Crippen LogP contribution in [-0.4, -0.2) is 9.55 Å². The van der Waals surface area contributed by atoms with Crippen LogP contribution in [0.2, 0.25) is 0 Å². The molecule has 0 unspecified atom stereocenters. The zero-order valence-electron chi connectivity index (χ0n) is 14.1. The summed E-state index contributed by atoms with van der Waals surface area (Å²) in [5.74, 6) is -0.161. The van der Waals surface area contributed by atoms with Gasteiger partial charge < -0.3 is 5.73 Å². The molecule has 0 radical (unpaired) electrons. The van der Waals surface area contributed by atoms with Crippen molar-refractivity contribution in [2.24, 2.45) is 0 Å². The lowest BCUT2D eigenvalue weighted by Gasteiger charge is -2.13. The van der Waals surface area contributed by atoms with Crippen LogP contribution in [0.3, 0.4) is 0 Å². The van der Waals surface area contributed by atoms with Crippen molar-refractivity contribution in [3.05, 3.63) is 63.9 Å². The van der Waals surface area contributed by atoms with E-state index in [4.69, 9.17) is 5.73 Å². The van der Waals surface area contributed by atoms with Gasteiger partial charge in [0.05, 0.1) is 22.2 Å². The molecular weight excluding hydrogens is 331 g/mol. The number of aryl methyl sites for hydroxylation is 1. The number of nitrogens with two attached hydrogens (primary N) is 1. The molecule has 3 aromatic rings. The van der Waals surface area contributed by atoms with Gasteiger partial charge in [-0.25, -0.2) is 9.55 Å². The summed E-state index contributed by atoms with van der Waals surface area (Å²) in [4.78, 5) is 16.7. The van der Waals surface area contributed by atoms with E-state index in [1.54, 1.807) is 18.2 Å². The molecule has 0 aliphatic heterocycles. The van der Waals surface area contributed by atoms with Gasteiger partial charge >= 0.3 is 6.18 Å². The van der Waals surface area contributed by atoms with Crippen LogP contribution in [-0.2, 0) is 6.18 Å². The van der Waals surface area contributed by atoms with Crippen LogP contribution in [0.25, 0.3) is 16.6 Å². The average Bonchev–Trinajstić information content (AvgIpc) is 2.57. The van der Waals surface area contributed by atoms with Gasteiger partial charge in [-0.2, -0.15) is 13.2 Å². The largest absolute Gasteiger partial charge is 0.416 e. The van der Waals surface area contributed by atoms with Gasteiger partial charge in [0.25, 0.3) is 5.56 Å². The number of rotatable bonds is 1. The van der Waals surface area contributed by atoms with Crippen molar-refractivity contribution < 1.29 is 13.2 Å². The summed E-state index contributed by atoms with van der Waals surface area (Å²) < 4.78 is 39.6. The minimum atomic E-state index is -4.50. The van der Waals surface area contributed by atoms with Crippen LogP contribution in [0.1, 0.15) is 25.0 Å². The van der Waals surface area contributed by atoms with Gasteiger partial charge in [-0.1, -0.05) is 31.5 Å². The van der Waals surface area contributed by atoms with E-state index in [0.717, 1.165) is 22.3 Å². The zero-order valence-corrected chi connectivity index (χ0v) is 14.1. The first-order valence-electron chi connectivity index (χ1n) is 7.74. The Labute approximate surface area is 142 Å². The maximum atomic E-state index is 12.9. The highest BCUT2D eigenvalue weighted by atomic mass is 19.4. The lowest BCUT2D eigenvalue weighted by atomic mass is 10.1. The highest BCUT2D eigenvalue weighted by Gasteiger charge is 2.30. The Morgan fingerprint density at radius 1 is 1.08 bits per heavy atom. The molecule has 0 saturated heterocycles. The fraction of sp³-hybridized carbons (Fsp3) is 0.222. The van der Waals surface area contributed by atoms with Gasteiger partial charge in [0.2, 0.25) is 5.95 Å². The van der Waals surface area contributed by atoms with Crippen molar-refractivity contribution in [1.82, 2.24) is 9.55 Å². The van der Waals surface area contributed by atoms with E-state index in [0.29, 0.717) is 10.9 Å². The van der Waals surface area contributed by atoms with Crippen molar-refractivity contribution in [3.63, 3.8) is 0 Å². The normalized spacial score (nSPS) is 11.1. The molecule has 132 valence electrons. The molecule has 0 aliphatic rings. The molecule has 0 fully saturated rings. The fourth-order valence-electron chi connectivity index (χ4n) is 2.39. The van der Waals surface area contributed by atoms with E-state index < -0.39 is 17.3 Å². The van der Waals surface area contributed by atoms with E-state index in [1.807, 2.05) is 20.8 Å².